The molecule has 2 aromatic carbocycles. The fraction of sp³-hybridized carbons (Fsp3) is 0.133. The fourth-order valence-electron chi connectivity index (χ4n) is 2.11. The van der Waals surface area contributed by atoms with Gasteiger partial charge >= 0.3 is 0 Å². The largest absolute Gasteiger partial charge is 0.356 e. The summed E-state index contributed by atoms with van der Waals surface area (Å²) >= 11 is 0. The molecule has 3 aromatic rings. The maximum Gasteiger partial charge on any atom is 0.167 e. The van der Waals surface area contributed by atoms with Gasteiger partial charge in [-0.3, -0.25) is 0 Å². The predicted octanol–water partition coefficient (Wildman–Crippen LogP) is 3.00. The first kappa shape index (κ1) is 11.0. The molecule has 0 aliphatic rings. The lowest BCUT2D eigenvalue weighted by Crippen LogP contribution is -2.02. The van der Waals surface area contributed by atoms with E-state index in [1.165, 1.54) is 5.56 Å². The number of nitrogens with two attached hydrogens (primary N) is 1. The summed E-state index contributed by atoms with van der Waals surface area (Å²) in [5.41, 5.74) is 9.58. The van der Waals surface area contributed by atoms with Gasteiger partial charge in [0.15, 0.2) is 5.58 Å². The van der Waals surface area contributed by atoms with Gasteiger partial charge in [-0.1, -0.05) is 41.6 Å². The van der Waals surface area contributed by atoms with Gasteiger partial charge in [0.1, 0.15) is 5.69 Å². The molecule has 0 atom stereocenters. The number of fused-ring (bicyclic) bond motifs is 1. The van der Waals surface area contributed by atoms with Crippen LogP contribution in [0.4, 0.5) is 0 Å². The Morgan fingerprint density at radius 2 is 1.89 bits per heavy atom. The monoisotopic (exact) mass is 238 g/mol. The van der Waals surface area contributed by atoms with E-state index in [0.29, 0.717) is 6.54 Å². The average molecular weight is 238 g/mol. The number of aromatic nitrogens is 1. The van der Waals surface area contributed by atoms with Gasteiger partial charge in [0.2, 0.25) is 0 Å². The van der Waals surface area contributed by atoms with Crippen LogP contribution < -0.4 is 5.73 Å². The Hall–Kier alpha value is -2.13. The lowest BCUT2D eigenvalue weighted by atomic mass is 10.0. The van der Waals surface area contributed by atoms with E-state index in [9.17, 15) is 0 Å². The third kappa shape index (κ3) is 1.89. The van der Waals surface area contributed by atoms with Crippen molar-refractivity contribution in [1.29, 1.82) is 0 Å². The molecule has 3 rings (SSSR count). The normalized spacial score (nSPS) is 10.9. The zero-order valence-electron chi connectivity index (χ0n) is 9.97. The Morgan fingerprint density at radius 1 is 1.06 bits per heavy atom. The minimum atomic E-state index is 0.650. The van der Waals surface area contributed by atoms with Crippen LogP contribution in [0.5, 0.6) is 0 Å². The van der Waals surface area contributed by atoms with Crippen molar-refractivity contribution in [2.75, 3.05) is 6.54 Å². The number of hydrogen-bond donors (Lipinski definition) is 1. The lowest BCUT2D eigenvalue weighted by Gasteiger charge is -1.99. The van der Waals surface area contributed by atoms with Crippen LogP contribution in [-0.2, 0) is 6.42 Å². The minimum Gasteiger partial charge on any atom is -0.356 e. The summed E-state index contributed by atoms with van der Waals surface area (Å²) in [4.78, 5) is 0. The van der Waals surface area contributed by atoms with E-state index in [0.717, 1.165) is 28.6 Å². The first-order valence-corrected chi connectivity index (χ1v) is 6.02. The third-order valence-electron chi connectivity index (χ3n) is 3.01. The van der Waals surface area contributed by atoms with E-state index >= 15 is 0 Å². The van der Waals surface area contributed by atoms with E-state index in [4.69, 9.17) is 10.3 Å². The first-order valence-electron chi connectivity index (χ1n) is 6.02. The first-order chi connectivity index (χ1) is 8.88. The molecule has 3 nitrogen and oxygen atoms in total. The SMILES string of the molecule is NCCc1ccc2onc(-c3ccccc3)c2c1. The highest BCUT2D eigenvalue weighted by molar-refractivity contribution is 5.91. The highest BCUT2D eigenvalue weighted by Crippen LogP contribution is 2.28. The quantitative estimate of drug-likeness (QED) is 0.763. The van der Waals surface area contributed by atoms with Crippen LogP contribution in [0.1, 0.15) is 5.56 Å². The van der Waals surface area contributed by atoms with Crippen molar-refractivity contribution in [2.45, 2.75) is 6.42 Å². The van der Waals surface area contributed by atoms with E-state index in [2.05, 4.69) is 11.2 Å². The van der Waals surface area contributed by atoms with Crippen molar-refractivity contribution in [2.24, 2.45) is 5.73 Å². The maximum atomic E-state index is 5.59. The Kier molecular flexibility index (Phi) is 2.82. The zero-order valence-corrected chi connectivity index (χ0v) is 9.97. The van der Waals surface area contributed by atoms with Gasteiger partial charge in [-0.15, -0.1) is 0 Å². The Balaban J connectivity index is 2.15. The molecule has 0 bridgehead atoms. The third-order valence-corrected chi connectivity index (χ3v) is 3.01. The second-order valence-electron chi connectivity index (χ2n) is 4.27. The number of hydrogen-bond acceptors (Lipinski definition) is 3. The lowest BCUT2D eigenvalue weighted by molar-refractivity contribution is 0.459. The number of benzene rings is 2. The molecule has 0 aliphatic heterocycles. The molecule has 0 unspecified atom stereocenters. The van der Waals surface area contributed by atoms with E-state index in [1.54, 1.807) is 0 Å². The summed E-state index contributed by atoms with van der Waals surface area (Å²) in [7, 11) is 0. The van der Waals surface area contributed by atoms with Crippen molar-refractivity contribution in [1.82, 2.24) is 5.16 Å². The zero-order chi connectivity index (χ0) is 12.4. The fourth-order valence-corrected chi connectivity index (χ4v) is 2.11. The molecule has 0 saturated heterocycles. The Labute approximate surface area is 105 Å². The molecule has 0 aliphatic carbocycles. The van der Waals surface area contributed by atoms with Crippen molar-refractivity contribution in [3.05, 3.63) is 54.1 Å². The summed E-state index contributed by atoms with van der Waals surface area (Å²) in [5.74, 6) is 0. The molecule has 1 aromatic heterocycles. The molecule has 0 spiro atoms. The summed E-state index contributed by atoms with van der Waals surface area (Å²) in [6.07, 6.45) is 0.870. The van der Waals surface area contributed by atoms with Crippen LogP contribution >= 0.6 is 0 Å². The number of rotatable bonds is 3. The predicted molar refractivity (Wildman–Crippen MR) is 72.2 cm³/mol. The Morgan fingerprint density at radius 3 is 2.67 bits per heavy atom. The van der Waals surface area contributed by atoms with Crippen LogP contribution in [0.15, 0.2) is 53.1 Å². The molecule has 0 saturated carbocycles. The summed E-state index contributed by atoms with van der Waals surface area (Å²) < 4.78 is 5.36. The summed E-state index contributed by atoms with van der Waals surface area (Å²) in [5, 5.41) is 5.21. The Bertz CT molecular complexity index is 659. The average Bonchev–Trinajstić information content (AvgIpc) is 2.83. The van der Waals surface area contributed by atoms with Crippen molar-refractivity contribution >= 4 is 11.0 Å². The van der Waals surface area contributed by atoms with Crippen molar-refractivity contribution in [3.8, 4) is 11.3 Å². The molecule has 90 valence electrons. The summed E-state index contributed by atoms with van der Waals surface area (Å²) in [6.45, 7) is 0.650. The molecular formula is C15H14N2O. The van der Waals surface area contributed by atoms with Gasteiger partial charge in [0.25, 0.3) is 0 Å². The van der Waals surface area contributed by atoms with Crippen LogP contribution in [-0.4, -0.2) is 11.7 Å². The van der Waals surface area contributed by atoms with Crippen molar-refractivity contribution in [3.63, 3.8) is 0 Å². The van der Waals surface area contributed by atoms with Crippen LogP contribution in [0.25, 0.3) is 22.2 Å². The maximum absolute atomic E-state index is 5.59. The van der Waals surface area contributed by atoms with Crippen LogP contribution in [0.3, 0.4) is 0 Å². The van der Waals surface area contributed by atoms with Gasteiger partial charge in [-0.2, -0.15) is 0 Å². The van der Waals surface area contributed by atoms with Crippen LogP contribution in [0.2, 0.25) is 0 Å². The summed E-state index contributed by atoms with van der Waals surface area (Å²) in [6, 6.07) is 16.2. The molecule has 0 radical (unpaired) electrons. The van der Waals surface area contributed by atoms with Gasteiger partial charge < -0.3 is 10.3 Å². The molecule has 3 heteroatoms. The molecule has 0 amide bonds. The van der Waals surface area contributed by atoms with Gasteiger partial charge in [0.05, 0.1) is 0 Å². The standard InChI is InChI=1S/C15H14N2O/c16-9-8-11-6-7-14-13(10-11)15(17-18-14)12-4-2-1-3-5-12/h1-7,10H,8-9,16H2. The van der Waals surface area contributed by atoms with E-state index < -0.39 is 0 Å². The second-order valence-corrected chi connectivity index (χ2v) is 4.27. The molecule has 2 N–H and O–H groups in total. The van der Waals surface area contributed by atoms with E-state index in [1.807, 2.05) is 42.5 Å². The molecule has 18 heavy (non-hydrogen) atoms. The number of nitrogens with zero attached hydrogens (tertiary/aromatic N) is 1. The highest BCUT2D eigenvalue weighted by atomic mass is 16.5. The molecular weight excluding hydrogens is 224 g/mol. The topological polar surface area (TPSA) is 52.0 Å². The van der Waals surface area contributed by atoms with E-state index in [-0.39, 0.29) is 0 Å². The van der Waals surface area contributed by atoms with Gasteiger partial charge in [-0.25, -0.2) is 0 Å². The molecule has 0 fully saturated rings. The second kappa shape index (κ2) is 4.63. The smallest absolute Gasteiger partial charge is 0.167 e. The van der Waals surface area contributed by atoms with Gasteiger partial charge in [0, 0.05) is 10.9 Å². The van der Waals surface area contributed by atoms with Gasteiger partial charge in [-0.05, 0) is 30.7 Å². The molecule has 1 heterocycles. The van der Waals surface area contributed by atoms with Crippen molar-refractivity contribution < 1.29 is 4.52 Å². The highest BCUT2D eigenvalue weighted by Gasteiger charge is 2.10. The minimum absolute atomic E-state index is 0.650. The van der Waals surface area contributed by atoms with Crippen LogP contribution in [0, 0.1) is 0 Å².